The number of aliphatic carboxylic acids is 1. The minimum atomic E-state index is -1.97. The molecule has 0 aromatic carbocycles. The van der Waals surface area contributed by atoms with E-state index in [1.807, 2.05) is 13.8 Å². The number of carboxylic acid groups (broad SMARTS) is 1. The van der Waals surface area contributed by atoms with Crippen LogP contribution in [0.25, 0.3) is 0 Å². The lowest BCUT2D eigenvalue weighted by molar-refractivity contribution is -0.362. The predicted molar refractivity (Wildman–Crippen MR) is 226 cm³/mol. The molecule has 376 valence electrons. The van der Waals surface area contributed by atoms with Crippen LogP contribution >= 0.6 is 0 Å². The first kappa shape index (κ1) is 50.5. The minimum Gasteiger partial charge on any atom is -0.479 e. The van der Waals surface area contributed by atoms with Crippen molar-refractivity contribution in [3.63, 3.8) is 0 Å². The average Bonchev–Trinajstić information content (AvgIpc) is 3.24. The molecule has 23 atom stereocenters. The van der Waals surface area contributed by atoms with Gasteiger partial charge < -0.3 is 84.6 Å². The molecular weight excluding hydrogens is 868 g/mol. The second-order valence-corrected chi connectivity index (χ2v) is 23.2. The van der Waals surface area contributed by atoms with Gasteiger partial charge in [-0.1, -0.05) is 60.1 Å². The molecule has 19 nitrogen and oxygen atoms in total. The Hall–Kier alpha value is -1.92. The Labute approximate surface area is 385 Å². The average molecular weight is 943 g/mol. The van der Waals surface area contributed by atoms with Crippen molar-refractivity contribution in [2.75, 3.05) is 13.2 Å². The quantitative estimate of drug-likeness (QED) is 0.0856. The van der Waals surface area contributed by atoms with Gasteiger partial charge in [0.05, 0.1) is 30.8 Å². The molecule has 5 aliphatic carbocycles. The fraction of sp³-hybridized carbons (Fsp3) is 0.915. The van der Waals surface area contributed by atoms with Crippen LogP contribution in [-0.4, -0.2) is 180 Å². The number of aliphatic hydroxyl groups is 10. The van der Waals surface area contributed by atoms with Gasteiger partial charge in [0.25, 0.3) is 0 Å². The number of rotatable bonds is 8. The molecule has 7 fully saturated rings. The summed E-state index contributed by atoms with van der Waals surface area (Å²) >= 11 is 0. The van der Waals surface area contributed by atoms with Gasteiger partial charge in [0.1, 0.15) is 61.0 Å². The van der Waals surface area contributed by atoms with Crippen molar-refractivity contribution in [2.45, 2.75) is 204 Å². The molecule has 0 unspecified atom stereocenters. The molecule has 8 aliphatic rings. The lowest BCUT2D eigenvalue weighted by atomic mass is 9.33. The van der Waals surface area contributed by atoms with Crippen molar-refractivity contribution in [2.24, 2.45) is 50.2 Å². The second-order valence-electron chi connectivity index (χ2n) is 23.2. The number of carbonyl (C=O) groups excluding carboxylic acids is 1. The largest absolute Gasteiger partial charge is 0.479 e. The highest BCUT2D eigenvalue weighted by Crippen LogP contribution is 2.76. The first-order chi connectivity index (χ1) is 30.7. The van der Waals surface area contributed by atoms with Gasteiger partial charge in [-0.15, -0.1) is 0 Å². The van der Waals surface area contributed by atoms with Crippen molar-refractivity contribution in [3.8, 4) is 0 Å². The van der Waals surface area contributed by atoms with E-state index in [4.69, 9.17) is 28.4 Å². The van der Waals surface area contributed by atoms with Crippen LogP contribution in [0, 0.1) is 50.2 Å². The van der Waals surface area contributed by atoms with E-state index in [1.165, 1.54) is 5.57 Å². The van der Waals surface area contributed by atoms with Crippen molar-refractivity contribution in [1.82, 2.24) is 0 Å². The standard InChI is InChI=1S/C47H74O19/c1-42(2)12-14-47(41(60)66-39-31(55)29(53)28(52)24(18-48)62-39)15-13-45(6)20(21(47)16-42)8-9-26-44(5)17-22(49)36(43(3,4)25(44)10-11-46(26,45)7)65-40-33(57)34(32(56)35(64-40)37(58)59)63-38-30(54)27(51)23(50)19-61-38/h8,21-36,38-40,48-57H,9-19H2,1-7H3,(H,58,59)/t21-,22+,23+,24+,25-,26+,27-,28+,29-,30+,31+,32-,33+,34-,35-,36+,38-,39-,40-,44-,45+,46+,47-/m0/s1. The highest BCUT2D eigenvalue weighted by Gasteiger charge is 2.71. The van der Waals surface area contributed by atoms with Crippen LogP contribution in [0.2, 0.25) is 0 Å². The van der Waals surface area contributed by atoms with E-state index < -0.39 is 140 Å². The summed E-state index contributed by atoms with van der Waals surface area (Å²) in [6.45, 7) is 14.2. The Balaban J connectivity index is 1.05. The Morgan fingerprint density at radius 2 is 1.36 bits per heavy atom. The normalized spacial score (nSPS) is 53.2. The summed E-state index contributed by atoms with van der Waals surface area (Å²) in [5.41, 5.74) is -1.77. The lowest BCUT2D eigenvalue weighted by Crippen LogP contribution is -2.69. The van der Waals surface area contributed by atoms with E-state index in [2.05, 4.69) is 40.7 Å². The first-order valence-corrected chi connectivity index (χ1v) is 23.8. The zero-order valence-corrected chi connectivity index (χ0v) is 39.0. The molecule has 8 rings (SSSR count). The number of esters is 1. The molecule has 3 aliphatic heterocycles. The topological polar surface area (TPSA) is 312 Å². The van der Waals surface area contributed by atoms with E-state index in [-0.39, 0.29) is 34.0 Å². The number of aliphatic hydroxyl groups excluding tert-OH is 10. The summed E-state index contributed by atoms with van der Waals surface area (Å²) in [6.07, 6.45) is -17.7. The number of ether oxygens (including phenoxy) is 6. The van der Waals surface area contributed by atoms with Gasteiger partial charge in [-0.2, -0.15) is 0 Å². The smallest absolute Gasteiger partial charge is 0.335 e. The van der Waals surface area contributed by atoms with Crippen LogP contribution < -0.4 is 0 Å². The third kappa shape index (κ3) is 7.73. The molecule has 0 amide bonds. The fourth-order valence-corrected chi connectivity index (χ4v) is 14.9. The van der Waals surface area contributed by atoms with Crippen LogP contribution in [0.3, 0.4) is 0 Å². The third-order valence-electron chi connectivity index (χ3n) is 18.8. The SMILES string of the molecule is CC1(C)CC[C@]2(C(=O)O[C@@H]3O[C@H](CO)[C@@H](O)[C@H](O)[C@H]3O)CC[C@]3(C)C(=CC[C@@H]4[C@@]5(C)C[C@@H](O)[C@@H](O[C@@H]6O[C@H](C(=O)O)[C@@H](O)[C@H](O[C@@H]7OC[C@@H](O)[C@H](O)[C@H]7O)[C@H]6O)C(C)(C)[C@@H]5CC[C@]43C)[C@@H]2C1. The summed E-state index contributed by atoms with van der Waals surface area (Å²) < 4.78 is 34.8. The number of fused-ring (bicyclic) bond motifs is 7. The zero-order chi connectivity index (χ0) is 48.4. The van der Waals surface area contributed by atoms with Crippen LogP contribution in [0.5, 0.6) is 0 Å². The van der Waals surface area contributed by atoms with E-state index in [0.29, 0.717) is 38.5 Å². The van der Waals surface area contributed by atoms with Gasteiger partial charge in [-0.25, -0.2) is 4.79 Å². The van der Waals surface area contributed by atoms with E-state index in [9.17, 15) is 65.8 Å². The Morgan fingerprint density at radius 3 is 2.03 bits per heavy atom. The molecule has 0 aromatic heterocycles. The van der Waals surface area contributed by atoms with Gasteiger partial charge in [-0.3, -0.25) is 4.79 Å². The van der Waals surface area contributed by atoms with Gasteiger partial charge in [0.15, 0.2) is 18.7 Å². The molecule has 3 saturated heterocycles. The number of carboxylic acids is 1. The Morgan fingerprint density at radius 1 is 0.697 bits per heavy atom. The lowest BCUT2D eigenvalue weighted by Gasteiger charge is -2.71. The van der Waals surface area contributed by atoms with Crippen molar-refractivity contribution in [1.29, 1.82) is 0 Å². The van der Waals surface area contributed by atoms with Crippen molar-refractivity contribution >= 4 is 11.9 Å². The number of allylic oxidation sites excluding steroid dienone is 2. The number of hydrogen-bond donors (Lipinski definition) is 11. The van der Waals surface area contributed by atoms with E-state index >= 15 is 0 Å². The van der Waals surface area contributed by atoms with Crippen LogP contribution in [0.15, 0.2) is 11.6 Å². The molecule has 0 aromatic rings. The molecule has 0 radical (unpaired) electrons. The minimum absolute atomic E-state index is 0.0489. The number of hydrogen-bond acceptors (Lipinski definition) is 18. The summed E-state index contributed by atoms with van der Waals surface area (Å²) in [6, 6.07) is 0. The molecule has 11 N–H and O–H groups in total. The maximum Gasteiger partial charge on any atom is 0.335 e. The highest BCUT2D eigenvalue weighted by molar-refractivity contribution is 5.79. The van der Waals surface area contributed by atoms with Crippen molar-refractivity contribution < 1.29 is 94.2 Å². The number of carbonyl (C=O) groups is 2. The van der Waals surface area contributed by atoms with Gasteiger partial charge >= 0.3 is 11.9 Å². The predicted octanol–water partition coefficient (Wildman–Crippen LogP) is -0.157. The molecule has 66 heavy (non-hydrogen) atoms. The molecule has 19 heteroatoms. The summed E-state index contributed by atoms with van der Waals surface area (Å²) in [4.78, 5) is 27.0. The maximum absolute atomic E-state index is 14.7. The second kappa shape index (κ2) is 17.4. The van der Waals surface area contributed by atoms with Crippen LogP contribution in [0.1, 0.15) is 106 Å². The molecular formula is C47H74O19. The fourth-order valence-electron chi connectivity index (χ4n) is 14.9. The molecule has 4 saturated carbocycles. The highest BCUT2D eigenvalue weighted by atomic mass is 16.7. The molecule has 0 spiro atoms. The van der Waals surface area contributed by atoms with Crippen LogP contribution in [-0.2, 0) is 38.0 Å². The summed E-state index contributed by atoms with van der Waals surface area (Å²) in [5, 5.41) is 117. The summed E-state index contributed by atoms with van der Waals surface area (Å²) in [7, 11) is 0. The van der Waals surface area contributed by atoms with E-state index in [1.54, 1.807) is 0 Å². The van der Waals surface area contributed by atoms with Crippen molar-refractivity contribution in [3.05, 3.63) is 11.6 Å². The monoisotopic (exact) mass is 942 g/mol. The maximum atomic E-state index is 14.7. The third-order valence-corrected chi connectivity index (χ3v) is 18.8. The van der Waals surface area contributed by atoms with E-state index in [0.717, 1.165) is 19.3 Å². The van der Waals surface area contributed by atoms with Gasteiger partial charge in [-0.05, 0) is 103 Å². The van der Waals surface area contributed by atoms with Gasteiger partial charge in [0, 0.05) is 0 Å². The zero-order valence-electron chi connectivity index (χ0n) is 39.0. The van der Waals surface area contributed by atoms with Gasteiger partial charge in [0.2, 0.25) is 6.29 Å². The Bertz CT molecular complexity index is 1860. The molecule has 3 heterocycles. The molecule has 0 bridgehead atoms. The Kier molecular flexibility index (Phi) is 13.3. The van der Waals surface area contributed by atoms with Crippen LogP contribution in [0.4, 0.5) is 0 Å². The summed E-state index contributed by atoms with van der Waals surface area (Å²) in [5.74, 6) is -2.31. The first-order valence-electron chi connectivity index (χ1n) is 23.8.